The number of allylic oxidation sites excluding steroid dienone is 2. The van der Waals surface area contributed by atoms with E-state index in [-0.39, 0.29) is 0 Å². The Hall–Kier alpha value is -1.70. The van der Waals surface area contributed by atoms with Gasteiger partial charge in [-0.25, -0.2) is 0 Å². The molecule has 0 amide bonds. The van der Waals surface area contributed by atoms with E-state index in [1.165, 1.54) is 11.1 Å². The Morgan fingerprint density at radius 1 is 1.20 bits per heavy atom. The van der Waals surface area contributed by atoms with E-state index >= 15 is 0 Å². The van der Waals surface area contributed by atoms with Crippen LogP contribution in [0.4, 0.5) is 0 Å². The Morgan fingerprint density at radius 2 is 1.93 bits per heavy atom. The lowest BCUT2D eigenvalue weighted by atomic mass is 10.0. The first-order chi connectivity index (χ1) is 7.29. The van der Waals surface area contributed by atoms with Crippen LogP contribution >= 0.6 is 0 Å². The van der Waals surface area contributed by atoms with Gasteiger partial charge in [0.25, 0.3) is 0 Å². The molecule has 0 aliphatic carbocycles. The Bertz CT molecular complexity index is 501. The predicted octanol–water partition coefficient (Wildman–Crippen LogP) is 3.14. The van der Waals surface area contributed by atoms with Crippen molar-refractivity contribution in [2.24, 2.45) is 0 Å². The lowest BCUT2D eigenvalue weighted by Crippen LogP contribution is -1.88. The molecule has 2 aromatic rings. The van der Waals surface area contributed by atoms with Gasteiger partial charge in [0.05, 0.1) is 12.4 Å². The zero-order valence-electron chi connectivity index (χ0n) is 9.07. The Labute approximate surface area is 89.7 Å². The minimum absolute atomic E-state index is 1.01. The summed E-state index contributed by atoms with van der Waals surface area (Å²) >= 11 is 0. The van der Waals surface area contributed by atoms with Crippen molar-refractivity contribution < 1.29 is 0 Å². The molecule has 0 saturated heterocycles. The third kappa shape index (κ3) is 2.21. The third-order valence-corrected chi connectivity index (χ3v) is 2.59. The van der Waals surface area contributed by atoms with E-state index in [1.807, 2.05) is 6.20 Å². The fourth-order valence-corrected chi connectivity index (χ4v) is 1.58. The summed E-state index contributed by atoms with van der Waals surface area (Å²) in [6, 6.07) is 6.43. The van der Waals surface area contributed by atoms with Crippen molar-refractivity contribution in [1.82, 2.24) is 10.2 Å². The van der Waals surface area contributed by atoms with Crippen LogP contribution in [0.1, 0.15) is 19.4 Å². The van der Waals surface area contributed by atoms with Crippen LogP contribution in [0.15, 0.2) is 42.2 Å². The van der Waals surface area contributed by atoms with Crippen LogP contribution in [0.25, 0.3) is 10.8 Å². The highest BCUT2D eigenvalue weighted by molar-refractivity contribution is 5.81. The van der Waals surface area contributed by atoms with Gasteiger partial charge >= 0.3 is 0 Å². The number of hydrogen-bond acceptors (Lipinski definition) is 2. The topological polar surface area (TPSA) is 25.8 Å². The molecule has 0 aliphatic rings. The maximum Gasteiger partial charge on any atom is 0.0574 e. The van der Waals surface area contributed by atoms with Gasteiger partial charge in [0.15, 0.2) is 0 Å². The van der Waals surface area contributed by atoms with Crippen LogP contribution in [0.3, 0.4) is 0 Å². The average molecular weight is 198 g/mol. The van der Waals surface area contributed by atoms with Gasteiger partial charge in [0.1, 0.15) is 0 Å². The first-order valence-electron chi connectivity index (χ1n) is 5.10. The lowest BCUT2D eigenvalue weighted by molar-refractivity contribution is 1.05. The van der Waals surface area contributed by atoms with Crippen molar-refractivity contribution >= 4 is 10.8 Å². The molecule has 2 heteroatoms. The van der Waals surface area contributed by atoms with E-state index in [1.54, 1.807) is 6.20 Å². The number of benzene rings is 1. The minimum Gasteiger partial charge on any atom is -0.158 e. The maximum atomic E-state index is 3.89. The first-order valence-corrected chi connectivity index (χ1v) is 5.10. The van der Waals surface area contributed by atoms with E-state index in [9.17, 15) is 0 Å². The predicted molar refractivity (Wildman–Crippen MR) is 62.7 cm³/mol. The number of rotatable bonds is 2. The van der Waals surface area contributed by atoms with Crippen LogP contribution in [0.5, 0.6) is 0 Å². The molecule has 1 aromatic heterocycles. The van der Waals surface area contributed by atoms with E-state index in [0.29, 0.717) is 0 Å². The molecule has 0 radical (unpaired) electrons. The number of hydrogen-bond donors (Lipinski definition) is 0. The van der Waals surface area contributed by atoms with Crippen LogP contribution in [-0.2, 0) is 6.42 Å². The standard InChI is InChI=1S/C13H14N2/c1-3-10(2)6-11-4-5-12-8-14-15-9-13(12)7-11/h3-5,7-9H,6H2,1-2H3/b10-3-. The summed E-state index contributed by atoms with van der Waals surface area (Å²) in [7, 11) is 0. The van der Waals surface area contributed by atoms with Gasteiger partial charge in [-0.1, -0.05) is 23.8 Å². The fraction of sp³-hybridized carbons (Fsp3) is 0.231. The zero-order chi connectivity index (χ0) is 10.7. The van der Waals surface area contributed by atoms with Gasteiger partial charge in [-0.2, -0.15) is 10.2 Å². The van der Waals surface area contributed by atoms with Crippen LogP contribution < -0.4 is 0 Å². The molecule has 1 heterocycles. The first kappa shape index (κ1) is 9.84. The summed E-state index contributed by atoms with van der Waals surface area (Å²) in [6.45, 7) is 4.22. The summed E-state index contributed by atoms with van der Waals surface area (Å²) in [6.07, 6.45) is 6.76. The number of nitrogens with zero attached hydrogens (tertiary/aromatic N) is 2. The summed E-state index contributed by atoms with van der Waals surface area (Å²) in [5, 5.41) is 10.1. The number of fused-ring (bicyclic) bond motifs is 1. The molecule has 1 aromatic carbocycles. The van der Waals surface area contributed by atoms with Crippen LogP contribution in [-0.4, -0.2) is 10.2 Å². The maximum absolute atomic E-state index is 3.89. The molecule has 0 spiro atoms. The van der Waals surface area contributed by atoms with Crippen molar-refractivity contribution in [3.05, 3.63) is 47.8 Å². The molecule has 0 fully saturated rings. The molecule has 0 bridgehead atoms. The Kier molecular flexibility index (Phi) is 2.77. The van der Waals surface area contributed by atoms with Gasteiger partial charge in [-0.3, -0.25) is 0 Å². The molecule has 0 unspecified atom stereocenters. The average Bonchev–Trinajstić information content (AvgIpc) is 2.29. The smallest absolute Gasteiger partial charge is 0.0574 e. The largest absolute Gasteiger partial charge is 0.158 e. The normalized spacial score (nSPS) is 12.0. The van der Waals surface area contributed by atoms with Crippen molar-refractivity contribution in [3.8, 4) is 0 Å². The Morgan fingerprint density at radius 3 is 2.67 bits per heavy atom. The van der Waals surface area contributed by atoms with Gasteiger partial charge < -0.3 is 0 Å². The van der Waals surface area contributed by atoms with Crippen LogP contribution in [0.2, 0.25) is 0 Å². The second-order valence-corrected chi connectivity index (χ2v) is 3.76. The molecule has 2 rings (SSSR count). The summed E-state index contributed by atoms with van der Waals surface area (Å²) in [5.74, 6) is 0. The molecule has 15 heavy (non-hydrogen) atoms. The molecule has 2 nitrogen and oxygen atoms in total. The van der Waals surface area contributed by atoms with Crippen LogP contribution in [0, 0.1) is 0 Å². The van der Waals surface area contributed by atoms with E-state index in [0.717, 1.165) is 17.2 Å². The van der Waals surface area contributed by atoms with Crippen molar-refractivity contribution in [3.63, 3.8) is 0 Å². The van der Waals surface area contributed by atoms with E-state index in [2.05, 4.69) is 48.3 Å². The summed E-state index contributed by atoms with van der Waals surface area (Å²) < 4.78 is 0. The molecule has 0 aliphatic heterocycles. The van der Waals surface area contributed by atoms with E-state index < -0.39 is 0 Å². The van der Waals surface area contributed by atoms with Crippen molar-refractivity contribution in [2.45, 2.75) is 20.3 Å². The lowest BCUT2D eigenvalue weighted by Gasteiger charge is -2.03. The van der Waals surface area contributed by atoms with Crippen molar-refractivity contribution in [2.75, 3.05) is 0 Å². The quantitative estimate of drug-likeness (QED) is 0.693. The van der Waals surface area contributed by atoms with Gasteiger partial charge in [-0.15, -0.1) is 0 Å². The van der Waals surface area contributed by atoms with Crippen molar-refractivity contribution in [1.29, 1.82) is 0 Å². The summed E-state index contributed by atoms with van der Waals surface area (Å²) in [4.78, 5) is 0. The fourth-order valence-electron chi connectivity index (χ4n) is 1.58. The highest BCUT2D eigenvalue weighted by Crippen LogP contribution is 2.15. The number of aromatic nitrogens is 2. The second kappa shape index (κ2) is 4.22. The third-order valence-electron chi connectivity index (χ3n) is 2.59. The highest BCUT2D eigenvalue weighted by atomic mass is 15.1. The molecule has 76 valence electrons. The molecule has 0 saturated carbocycles. The second-order valence-electron chi connectivity index (χ2n) is 3.76. The SMILES string of the molecule is C/C=C(/C)Cc1ccc2cnncc2c1. The van der Waals surface area contributed by atoms with Gasteiger partial charge in [0, 0.05) is 10.8 Å². The van der Waals surface area contributed by atoms with E-state index in [4.69, 9.17) is 0 Å². The van der Waals surface area contributed by atoms with Gasteiger partial charge in [0.2, 0.25) is 0 Å². The summed E-state index contributed by atoms with van der Waals surface area (Å²) in [5.41, 5.74) is 2.71. The monoisotopic (exact) mass is 198 g/mol. The van der Waals surface area contributed by atoms with Gasteiger partial charge in [-0.05, 0) is 31.9 Å². The molecular formula is C13H14N2. The molecule has 0 N–H and O–H groups in total. The highest BCUT2D eigenvalue weighted by Gasteiger charge is 1.97. The Balaban J connectivity index is 2.39. The minimum atomic E-state index is 1.01. The zero-order valence-corrected chi connectivity index (χ0v) is 9.07. The molecular weight excluding hydrogens is 184 g/mol. The molecule has 0 atom stereocenters.